The predicted octanol–water partition coefficient (Wildman–Crippen LogP) is 2.83. The van der Waals surface area contributed by atoms with E-state index >= 15 is 0 Å². The number of nitrogens with zero attached hydrogens (tertiary/aromatic N) is 3. The fourth-order valence-electron chi connectivity index (χ4n) is 3.05. The first-order valence-electron chi connectivity index (χ1n) is 6.94. The number of hydrogen-bond acceptors (Lipinski definition) is 2. The topological polar surface area (TPSA) is 38.1 Å². The van der Waals surface area contributed by atoms with Gasteiger partial charge in [-0.05, 0) is 41.0 Å². The zero-order valence-electron chi connectivity index (χ0n) is 12.0. The number of carbonyl (C=O) groups excluding carboxylic acids is 1. The van der Waals surface area contributed by atoms with Gasteiger partial charge in [0.05, 0.1) is 0 Å². The summed E-state index contributed by atoms with van der Waals surface area (Å²) in [6, 6.07) is 10.2. The first-order valence-corrected chi connectivity index (χ1v) is 6.94. The van der Waals surface area contributed by atoms with Crippen molar-refractivity contribution in [3.8, 4) is 11.1 Å². The molecule has 0 fully saturated rings. The van der Waals surface area contributed by atoms with Crippen molar-refractivity contribution < 1.29 is 4.79 Å². The van der Waals surface area contributed by atoms with E-state index in [1.54, 1.807) is 4.90 Å². The fraction of sp³-hybridized carbons (Fsp3) is 0.176. The largest absolute Gasteiger partial charge is 0.337 e. The van der Waals surface area contributed by atoms with Crippen LogP contribution in [0.2, 0.25) is 0 Å². The molecular weight excluding hydrogens is 262 g/mol. The minimum absolute atomic E-state index is 0.108. The Morgan fingerprint density at radius 2 is 1.95 bits per heavy atom. The maximum atomic E-state index is 12.0. The summed E-state index contributed by atoms with van der Waals surface area (Å²) in [6.07, 6.45) is 3.86. The van der Waals surface area contributed by atoms with Gasteiger partial charge < -0.3 is 9.47 Å². The van der Waals surface area contributed by atoms with Crippen molar-refractivity contribution in [2.75, 3.05) is 7.05 Å². The summed E-state index contributed by atoms with van der Waals surface area (Å²) < 4.78 is 2.02. The van der Waals surface area contributed by atoms with Crippen molar-refractivity contribution >= 4 is 16.9 Å². The molecule has 1 aromatic carbocycles. The molecule has 0 spiro atoms. The quantitative estimate of drug-likeness (QED) is 0.686. The van der Waals surface area contributed by atoms with Crippen molar-refractivity contribution in [2.24, 2.45) is 7.05 Å². The molecule has 1 aliphatic rings. The second-order valence-electron chi connectivity index (χ2n) is 5.56. The Morgan fingerprint density at radius 3 is 2.81 bits per heavy atom. The van der Waals surface area contributed by atoms with Gasteiger partial charge in [0.2, 0.25) is 0 Å². The number of pyridine rings is 1. The highest BCUT2D eigenvalue weighted by Gasteiger charge is 2.24. The molecule has 3 heterocycles. The lowest BCUT2D eigenvalue weighted by atomic mass is 9.99. The third-order valence-corrected chi connectivity index (χ3v) is 4.17. The van der Waals surface area contributed by atoms with E-state index in [9.17, 15) is 4.79 Å². The van der Waals surface area contributed by atoms with Gasteiger partial charge in [-0.15, -0.1) is 0 Å². The summed E-state index contributed by atoms with van der Waals surface area (Å²) in [5, 5.41) is 1.14. The molecule has 4 rings (SSSR count). The van der Waals surface area contributed by atoms with Gasteiger partial charge in [-0.2, -0.15) is 0 Å². The normalized spacial score (nSPS) is 14.0. The van der Waals surface area contributed by atoms with Crippen molar-refractivity contribution in [2.45, 2.75) is 6.54 Å². The van der Waals surface area contributed by atoms with Crippen LogP contribution in [0.25, 0.3) is 22.2 Å². The third kappa shape index (κ3) is 1.69. The number of rotatable bonds is 1. The van der Waals surface area contributed by atoms with Gasteiger partial charge in [0.1, 0.15) is 5.65 Å². The van der Waals surface area contributed by atoms with E-state index in [4.69, 9.17) is 0 Å². The van der Waals surface area contributed by atoms with Crippen molar-refractivity contribution in [3.63, 3.8) is 0 Å². The van der Waals surface area contributed by atoms with Crippen LogP contribution >= 0.6 is 0 Å². The number of carbonyl (C=O) groups is 1. The molecule has 0 atom stereocenters. The van der Waals surface area contributed by atoms with Crippen LogP contribution in [0.1, 0.15) is 15.9 Å². The highest BCUT2D eigenvalue weighted by atomic mass is 16.2. The average molecular weight is 277 g/mol. The number of hydrogen-bond donors (Lipinski definition) is 0. The van der Waals surface area contributed by atoms with Gasteiger partial charge in [0.15, 0.2) is 0 Å². The molecule has 1 amide bonds. The first-order chi connectivity index (χ1) is 10.1. The lowest BCUT2D eigenvalue weighted by Gasteiger charge is -2.06. The van der Waals surface area contributed by atoms with Crippen LogP contribution < -0.4 is 0 Å². The van der Waals surface area contributed by atoms with Crippen LogP contribution in [-0.4, -0.2) is 27.4 Å². The van der Waals surface area contributed by atoms with E-state index in [2.05, 4.69) is 17.1 Å². The lowest BCUT2D eigenvalue weighted by Crippen LogP contribution is -2.17. The molecule has 4 heteroatoms. The SMILES string of the molecule is CN1Cc2cc(-c3ccnc4c3ccn4C)ccc2C1=O. The molecule has 1 aliphatic heterocycles. The molecule has 0 aliphatic carbocycles. The Bertz CT molecular complexity index is 879. The lowest BCUT2D eigenvalue weighted by molar-refractivity contribution is 0.0816. The van der Waals surface area contributed by atoms with Crippen LogP contribution in [0.15, 0.2) is 42.7 Å². The number of benzene rings is 1. The number of aromatic nitrogens is 2. The fourth-order valence-corrected chi connectivity index (χ4v) is 3.05. The summed E-state index contributed by atoms with van der Waals surface area (Å²) in [7, 11) is 3.83. The maximum absolute atomic E-state index is 12.0. The minimum Gasteiger partial charge on any atom is -0.337 e. The molecular formula is C17H15N3O. The Labute approximate surface area is 122 Å². The number of amides is 1. The predicted molar refractivity (Wildman–Crippen MR) is 81.9 cm³/mol. The molecule has 0 N–H and O–H groups in total. The van der Waals surface area contributed by atoms with Crippen LogP contribution in [-0.2, 0) is 13.6 Å². The van der Waals surface area contributed by atoms with Crippen LogP contribution in [0.4, 0.5) is 0 Å². The third-order valence-electron chi connectivity index (χ3n) is 4.17. The zero-order valence-corrected chi connectivity index (χ0v) is 12.0. The van der Waals surface area contributed by atoms with Crippen molar-refractivity contribution in [1.82, 2.24) is 14.5 Å². The zero-order chi connectivity index (χ0) is 14.6. The molecule has 104 valence electrons. The second kappa shape index (κ2) is 4.19. The van der Waals surface area contributed by atoms with Gasteiger partial charge >= 0.3 is 0 Å². The molecule has 0 unspecified atom stereocenters. The standard InChI is InChI=1S/C17H15N3O/c1-19-8-6-15-13(5-7-18-16(15)19)11-3-4-14-12(9-11)10-20(2)17(14)21/h3-9H,10H2,1-2H3. The molecule has 0 saturated heterocycles. The van der Waals surface area contributed by atoms with Gasteiger partial charge in [-0.3, -0.25) is 4.79 Å². The Balaban J connectivity index is 1.91. The molecule has 4 nitrogen and oxygen atoms in total. The van der Waals surface area contributed by atoms with E-state index in [1.165, 1.54) is 0 Å². The molecule has 0 bridgehead atoms. The van der Waals surface area contributed by atoms with E-state index < -0.39 is 0 Å². The van der Waals surface area contributed by atoms with Crippen molar-refractivity contribution in [1.29, 1.82) is 0 Å². The van der Waals surface area contributed by atoms with Crippen molar-refractivity contribution in [3.05, 3.63) is 53.9 Å². The van der Waals surface area contributed by atoms with Gasteiger partial charge in [0.25, 0.3) is 5.91 Å². The van der Waals surface area contributed by atoms with Crippen LogP contribution in [0.5, 0.6) is 0 Å². The van der Waals surface area contributed by atoms with Gasteiger partial charge in [0, 0.05) is 44.0 Å². The molecule has 3 aromatic rings. The monoisotopic (exact) mass is 277 g/mol. The summed E-state index contributed by atoms with van der Waals surface area (Å²) in [5.74, 6) is 0.108. The molecule has 0 radical (unpaired) electrons. The maximum Gasteiger partial charge on any atom is 0.254 e. The molecule has 0 saturated carbocycles. The highest BCUT2D eigenvalue weighted by molar-refractivity contribution is 6.00. The summed E-state index contributed by atoms with van der Waals surface area (Å²) >= 11 is 0. The van der Waals surface area contributed by atoms with E-state index in [1.807, 2.05) is 49.3 Å². The van der Waals surface area contributed by atoms with Crippen LogP contribution in [0.3, 0.4) is 0 Å². The Hall–Kier alpha value is -2.62. The minimum atomic E-state index is 0.108. The first kappa shape index (κ1) is 12.1. The summed E-state index contributed by atoms with van der Waals surface area (Å²) in [6.45, 7) is 0.686. The number of aryl methyl sites for hydroxylation is 1. The summed E-state index contributed by atoms with van der Waals surface area (Å²) in [5.41, 5.74) is 5.18. The molecule has 21 heavy (non-hydrogen) atoms. The Morgan fingerprint density at radius 1 is 1.10 bits per heavy atom. The van der Waals surface area contributed by atoms with E-state index in [0.717, 1.165) is 33.3 Å². The molecule has 2 aromatic heterocycles. The van der Waals surface area contributed by atoms with E-state index in [-0.39, 0.29) is 5.91 Å². The smallest absolute Gasteiger partial charge is 0.254 e. The Kier molecular flexibility index (Phi) is 2.42. The van der Waals surface area contributed by atoms with Gasteiger partial charge in [-0.1, -0.05) is 6.07 Å². The second-order valence-corrected chi connectivity index (χ2v) is 5.56. The summed E-state index contributed by atoms with van der Waals surface area (Å²) in [4.78, 5) is 18.1. The number of fused-ring (bicyclic) bond motifs is 2. The van der Waals surface area contributed by atoms with E-state index in [0.29, 0.717) is 6.54 Å². The average Bonchev–Trinajstić information content (AvgIpc) is 3.00. The van der Waals surface area contributed by atoms with Gasteiger partial charge in [-0.25, -0.2) is 4.98 Å². The van der Waals surface area contributed by atoms with Crippen LogP contribution in [0, 0.1) is 0 Å². The highest BCUT2D eigenvalue weighted by Crippen LogP contribution is 2.31.